The molecule has 0 spiro atoms. The van der Waals surface area contributed by atoms with Gasteiger partial charge in [0.15, 0.2) is 0 Å². The Kier molecular flexibility index (Phi) is 8.61. The fourth-order valence-electron chi connectivity index (χ4n) is 4.24. The number of halogens is 1. The van der Waals surface area contributed by atoms with Crippen molar-refractivity contribution in [3.63, 3.8) is 0 Å². The zero-order chi connectivity index (χ0) is 16.7. The monoisotopic (exact) mass is 437 g/mol. The van der Waals surface area contributed by atoms with E-state index in [1.807, 2.05) is 4.90 Å². The predicted octanol–water partition coefficient (Wildman–Crippen LogP) is -0.837. The zero-order valence-electron chi connectivity index (χ0n) is 14.8. The molecule has 0 bridgehead atoms. The van der Waals surface area contributed by atoms with Crippen molar-refractivity contribution < 1.29 is 31.1 Å². The van der Waals surface area contributed by atoms with Gasteiger partial charge in [-0.25, -0.2) is 0 Å². The number of likely N-dealkylation sites (tertiary alicyclic amines) is 1. The van der Waals surface area contributed by atoms with E-state index in [4.69, 9.17) is 0 Å². The summed E-state index contributed by atoms with van der Waals surface area (Å²) in [6.45, 7) is 4.79. The molecule has 1 N–H and O–H groups in total. The Morgan fingerprint density at radius 3 is 2.70 bits per heavy atom. The van der Waals surface area contributed by atoms with Gasteiger partial charge in [0.05, 0.1) is 0 Å². The molecule has 0 aromatic heterocycles. The molecule has 1 aliphatic carbocycles. The molecule has 2 aliphatic rings. The number of carbonyl (C=O) groups is 1. The topological polar surface area (TPSA) is 43.8 Å². The SMILES string of the molecule is C[I-]CC[C@H]1CCCC(N(C=O)C[C@@H](O)N2CCCC2)C[C@H]1C. The van der Waals surface area contributed by atoms with Crippen LogP contribution < -0.4 is 21.2 Å². The van der Waals surface area contributed by atoms with Crippen molar-refractivity contribution in [1.82, 2.24) is 9.80 Å². The standard InChI is InChI=1S/C18H34IN2O2/c1-15-12-17(7-5-6-16(15)8-9-19-2)21(14-22)13-18(23)20-10-3-4-11-20/h14-18,23H,3-13H2,1-2H3/q-1/t15-,16-,17?,18-/m1/s1. The Morgan fingerprint density at radius 2 is 2.04 bits per heavy atom. The van der Waals surface area contributed by atoms with E-state index in [1.165, 1.54) is 36.5 Å². The van der Waals surface area contributed by atoms with E-state index in [-0.39, 0.29) is 0 Å². The summed E-state index contributed by atoms with van der Waals surface area (Å²) < 4.78 is 1.43. The Morgan fingerprint density at radius 1 is 1.30 bits per heavy atom. The molecular weight excluding hydrogens is 403 g/mol. The van der Waals surface area contributed by atoms with E-state index in [0.717, 1.165) is 38.3 Å². The molecule has 5 heteroatoms. The van der Waals surface area contributed by atoms with E-state index >= 15 is 0 Å². The second-order valence-corrected chi connectivity index (χ2v) is 9.93. The molecule has 2 fully saturated rings. The third-order valence-corrected chi connectivity index (χ3v) is 7.47. The number of alkyl halides is 2. The molecule has 1 aliphatic heterocycles. The Hall–Kier alpha value is 0.120. The summed E-state index contributed by atoms with van der Waals surface area (Å²) in [6.07, 6.45) is 8.98. The van der Waals surface area contributed by atoms with Crippen LogP contribution in [0.1, 0.15) is 51.9 Å². The van der Waals surface area contributed by atoms with Crippen molar-refractivity contribution in [1.29, 1.82) is 0 Å². The minimum absolute atomic E-state index is 0.320. The molecular formula is C18H34IN2O2-. The number of hydrogen-bond acceptors (Lipinski definition) is 3. The van der Waals surface area contributed by atoms with Gasteiger partial charge in [-0.3, -0.25) is 0 Å². The first kappa shape index (κ1) is 19.4. The van der Waals surface area contributed by atoms with Crippen LogP contribution in [0.15, 0.2) is 0 Å². The number of carbonyl (C=O) groups excluding carboxylic acids is 1. The zero-order valence-corrected chi connectivity index (χ0v) is 17.0. The normalized spacial score (nSPS) is 31.0. The molecule has 0 aromatic carbocycles. The van der Waals surface area contributed by atoms with E-state index in [1.54, 1.807) is 0 Å². The van der Waals surface area contributed by atoms with Crippen LogP contribution in [0.4, 0.5) is 0 Å². The number of hydrogen-bond donors (Lipinski definition) is 1. The fraction of sp³-hybridized carbons (Fsp3) is 0.944. The van der Waals surface area contributed by atoms with Crippen molar-refractivity contribution in [2.45, 2.75) is 64.1 Å². The fourth-order valence-corrected chi connectivity index (χ4v) is 5.66. The average Bonchev–Trinajstić information content (AvgIpc) is 3.02. The molecule has 0 radical (unpaired) electrons. The molecule has 2 rings (SSSR count). The maximum absolute atomic E-state index is 11.6. The molecule has 23 heavy (non-hydrogen) atoms. The van der Waals surface area contributed by atoms with Gasteiger partial charge in [-0.15, -0.1) is 0 Å². The van der Waals surface area contributed by atoms with Crippen LogP contribution in [0.5, 0.6) is 0 Å². The summed E-state index contributed by atoms with van der Waals surface area (Å²) in [5.74, 6) is 1.54. The first-order chi connectivity index (χ1) is 11.2. The Labute approximate surface area is 152 Å². The number of amides is 1. The molecule has 1 saturated carbocycles. The van der Waals surface area contributed by atoms with Crippen LogP contribution in [0.25, 0.3) is 0 Å². The van der Waals surface area contributed by atoms with Crippen LogP contribution in [0.2, 0.25) is 0 Å². The van der Waals surface area contributed by atoms with E-state index in [0.29, 0.717) is 39.7 Å². The van der Waals surface area contributed by atoms with Gasteiger partial charge < -0.3 is 0 Å². The Balaban J connectivity index is 1.88. The molecule has 1 amide bonds. The maximum atomic E-state index is 11.6. The van der Waals surface area contributed by atoms with Crippen molar-refractivity contribution >= 4 is 6.41 Å². The van der Waals surface area contributed by atoms with Gasteiger partial charge >= 0.3 is 152 Å². The van der Waals surface area contributed by atoms with Crippen molar-refractivity contribution in [2.75, 3.05) is 29.0 Å². The second-order valence-electron chi connectivity index (χ2n) is 7.33. The summed E-state index contributed by atoms with van der Waals surface area (Å²) in [4.78, 5) is 18.0. The summed E-state index contributed by atoms with van der Waals surface area (Å²) >= 11 is 0.402. The van der Waals surface area contributed by atoms with Gasteiger partial charge in [-0.05, 0) is 0 Å². The third-order valence-electron chi connectivity index (χ3n) is 5.77. The molecule has 1 heterocycles. The first-order valence-corrected chi connectivity index (χ1v) is 12.9. The van der Waals surface area contributed by atoms with Gasteiger partial charge in [-0.1, -0.05) is 0 Å². The van der Waals surface area contributed by atoms with Gasteiger partial charge in [0, 0.05) is 0 Å². The van der Waals surface area contributed by atoms with Gasteiger partial charge in [0.2, 0.25) is 0 Å². The summed E-state index contributed by atoms with van der Waals surface area (Å²) in [5.41, 5.74) is 0. The van der Waals surface area contributed by atoms with Crippen LogP contribution in [-0.2, 0) is 4.79 Å². The minimum atomic E-state index is -0.484. The van der Waals surface area contributed by atoms with E-state index in [9.17, 15) is 9.90 Å². The summed E-state index contributed by atoms with van der Waals surface area (Å²) in [5, 5.41) is 10.4. The quantitative estimate of drug-likeness (QED) is 0.233. The predicted molar refractivity (Wildman–Crippen MR) is 89.9 cm³/mol. The Bertz CT molecular complexity index is 350. The van der Waals surface area contributed by atoms with Crippen LogP contribution in [0.3, 0.4) is 0 Å². The number of nitrogens with zero attached hydrogens (tertiary/aromatic N) is 2. The molecule has 4 nitrogen and oxygen atoms in total. The third kappa shape index (κ3) is 5.85. The van der Waals surface area contributed by atoms with Crippen molar-refractivity contribution in [2.24, 2.45) is 11.8 Å². The number of aliphatic hydroxyl groups excluding tert-OH is 1. The molecule has 0 aromatic rings. The number of rotatable bonds is 8. The van der Waals surface area contributed by atoms with Crippen molar-refractivity contribution in [3.05, 3.63) is 0 Å². The van der Waals surface area contributed by atoms with Gasteiger partial charge in [0.25, 0.3) is 0 Å². The summed E-state index contributed by atoms with van der Waals surface area (Å²) in [7, 11) is 0. The van der Waals surface area contributed by atoms with Gasteiger partial charge in [-0.2, -0.15) is 0 Å². The molecule has 4 atom stereocenters. The van der Waals surface area contributed by atoms with Crippen LogP contribution >= 0.6 is 0 Å². The molecule has 1 saturated heterocycles. The molecule has 136 valence electrons. The second kappa shape index (κ2) is 10.2. The van der Waals surface area contributed by atoms with Crippen LogP contribution in [-0.4, -0.2) is 62.6 Å². The van der Waals surface area contributed by atoms with E-state index in [2.05, 4.69) is 16.8 Å². The van der Waals surface area contributed by atoms with Crippen LogP contribution in [0, 0.1) is 11.8 Å². The number of aliphatic hydroxyl groups is 1. The van der Waals surface area contributed by atoms with Crippen molar-refractivity contribution in [3.8, 4) is 0 Å². The first-order valence-electron chi connectivity index (χ1n) is 9.22. The van der Waals surface area contributed by atoms with E-state index < -0.39 is 6.23 Å². The summed E-state index contributed by atoms with van der Waals surface area (Å²) in [6, 6.07) is 0.320. The van der Waals surface area contributed by atoms with Gasteiger partial charge in [0.1, 0.15) is 0 Å². The molecule has 1 unspecified atom stereocenters. The average molecular weight is 437 g/mol.